The van der Waals surface area contributed by atoms with Gasteiger partial charge in [-0.05, 0) is 30.5 Å². The number of nitrogens with zero attached hydrogens (tertiary/aromatic N) is 1. The van der Waals surface area contributed by atoms with Gasteiger partial charge in [-0.15, -0.1) is 4.57 Å². The zero-order valence-electron chi connectivity index (χ0n) is 12.0. The predicted octanol–water partition coefficient (Wildman–Crippen LogP) is 2.71. The van der Waals surface area contributed by atoms with E-state index in [0.29, 0.717) is 0 Å². The summed E-state index contributed by atoms with van der Waals surface area (Å²) in [7, 11) is 1.53. The minimum Gasteiger partial charge on any atom is -0.306 e. The lowest BCUT2D eigenvalue weighted by Gasteiger charge is -2.16. The standard InChI is InChI=1S/C18H16NO2/c1-12-7-8-15-16(11-12)18(20,21-2)19-10-9-13-5-3-4-6-14(13)17(15)19/h3-11,20H,1-2H3/q+1. The molecule has 0 amide bonds. The molecule has 3 aromatic rings. The Kier molecular flexibility index (Phi) is 2.46. The van der Waals surface area contributed by atoms with E-state index in [0.717, 1.165) is 33.2 Å². The fourth-order valence-electron chi connectivity index (χ4n) is 3.22. The highest BCUT2D eigenvalue weighted by Crippen LogP contribution is 2.40. The van der Waals surface area contributed by atoms with Gasteiger partial charge in [0.05, 0.1) is 16.5 Å². The van der Waals surface area contributed by atoms with Gasteiger partial charge >= 0.3 is 5.91 Å². The number of methoxy groups -OCH3 is 1. The zero-order chi connectivity index (χ0) is 14.6. The summed E-state index contributed by atoms with van der Waals surface area (Å²) in [6, 6.07) is 16.3. The number of hydrogen-bond acceptors (Lipinski definition) is 2. The molecule has 1 N–H and O–H groups in total. The van der Waals surface area contributed by atoms with Gasteiger partial charge < -0.3 is 5.11 Å². The van der Waals surface area contributed by atoms with Crippen molar-refractivity contribution in [2.24, 2.45) is 0 Å². The minimum atomic E-state index is -1.44. The van der Waals surface area contributed by atoms with Crippen LogP contribution < -0.4 is 4.57 Å². The van der Waals surface area contributed by atoms with Crippen molar-refractivity contribution >= 4 is 10.8 Å². The summed E-state index contributed by atoms with van der Waals surface area (Å²) in [5.41, 5.74) is 3.90. The molecule has 1 atom stereocenters. The third kappa shape index (κ3) is 1.53. The Morgan fingerprint density at radius 1 is 1.10 bits per heavy atom. The molecule has 0 saturated heterocycles. The van der Waals surface area contributed by atoms with Crippen molar-refractivity contribution < 1.29 is 14.4 Å². The van der Waals surface area contributed by atoms with Crippen LogP contribution >= 0.6 is 0 Å². The van der Waals surface area contributed by atoms with Gasteiger partial charge in [0.15, 0.2) is 6.20 Å². The van der Waals surface area contributed by atoms with Crippen LogP contribution in [0.25, 0.3) is 22.0 Å². The average Bonchev–Trinajstić information content (AvgIpc) is 2.77. The molecule has 104 valence electrons. The molecule has 0 bridgehead atoms. The number of hydrogen-bond donors (Lipinski definition) is 1. The monoisotopic (exact) mass is 278 g/mol. The lowest BCUT2D eigenvalue weighted by Crippen LogP contribution is -2.55. The molecule has 0 radical (unpaired) electrons. The molecule has 1 unspecified atom stereocenters. The Bertz CT molecular complexity index is 872. The molecule has 3 heteroatoms. The number of fused-ring (bicyclic) bond motifs is 5. The maximum atomic E-state index is 11.0. The molecule has 0 fully saturated rings. The Morgan fingerprint density at radius 2 is 1.90 bits per heavy atom. The third-order valence-corrected chi connectivity index (χ3v) is 4.25. The third-order valence-electron chi connectivity index (χ3n) is 4.25. The van der Waals surface area contributed by atoms with Crippen molar-refractivity contribution in [3.05, 3.63) is 65.9 Å². The van der Waals surface area contributed by atoms with E-state index in [1.54, 1.807) is 4.57 Å². The minimum absolute atomic E-state index is 0.793. The first-order valence-electron chi connectivity index (χ1n) is 6.98. The van der Waals surface area contributed by atoms with Crippen LogP contribution in [0.4, 0.5) is 0 Å². The van der Waals surface area contributed by atoms with Gasteiger partial charge in [-0.25, -0.2) is 0 Å². The number of aliphatic hydroxyl groups is 1. The zero-order valence-corrected chi connectivity index (χ0v) is 12.0. The molecule has 1 aliphatic rings. The van der Waals surface area contributed by atoms with Crippen LogP contribution in [0, 0.1) is 6.92 Å². The topological polar surface area (TPSA) is 33.3 Å². The molecule has 4 rings (SSSR count). The van der Waals surface area contributed by atoms with Crippen LogP contribution in [0.3, 0.4) is 0 Å². The van der Waals surface area contributed by atoms with E-state index in [4.69, 9.17) is 4.74 Å². The Hall–Kier alpha value is -2.23. The number of pyridine rings is 1. The molecule has 1 aliphatic heterocycles. The van der Waals surface area contributed by atoms with Gasteiger partial charge in [-0.3, -0.25) is 4.74 Å². The van der Waals surface area contributed by atoms with Crippen molar-refractivity contribution in [1.29, 1.82) is 0 Å². The molecule has 2 aromatic carbocycles. The second kappa shape index (κ2) is 4.13. The second-order valence-electron chi connectivity index (χ2n) is 5.48. The molecule has 0 saturated carbocycles. The van der Waals surface area contributed by atoms with E-state index >= 15 is 0 Å². The second-order valence-corrected chi connectivity index (χ2v) is 5.48. The first-order valence-corrected chi connectivity index (χ1v) is 6.98. The number of ether oxygens (including phenoxy) is 1. The SMILES string of the molecule is COC1(O)c2cc(C)ccc2-c2c3ccccc3cc[n+]21. The summed E-state index contributed by atoms with van der Waals surface area (Å²) < 4.78 is 7.28. The number of rotatable bonds is 1. The molecule has 21 heavy (non-hydrogen) atoms. The Balaban J connectivity index is 2.18. The van der Waals surface area contributed by atoms with Crippen molar-refractivity contribution in [3.63, 3.8) is 0 Å². The van der Waals surface area contributed by atoms with Crippen molar-refractivity contribution in [2.45, 2.75) is 12.8 Å². The first-order chi connectivity index (χ1) is 10.1. The van der Waals surface area contributed by atoms with Crippen molar-refractivity contribution in [2.75, 3.05) is 7.11 Å². The van der Waals surface area contributed by atoms with Gasteiger partial charge in [0.1, 0.15) is 0 Å². The van der Waals surface area contributed by atoms with Crippen LogP contribution in [0.5, 0.6) is 0 Å². The highest BCUT2D eigenvalue weighted by Gasteiger charge is 2.51. The molecule has 1 aromatic heterocycles. The van der Waals surface area contributed by atoms with Crippen molar-refractivity contribution in [3.8, 4) is 11.3 Å². The van der Waals surface area contributed by atoms with Gasteiger partial charge in [0, 0.05) is 13.2 Å². The van der Waals surface area contributed by atoms with E-state index in [1.807, 2.05) is 37.4 Å². The van der Waals surface area contributed by atoms with Crippen LogP contribution in [0.15, 0.2) is 54.7 Å². The highest BCUT2D eigenvalue weighted by atomic mass is 16.6. The smallest absolute Gasteiger partial charge is 0.306 e. The summed E-state index contributed by atoms with van der Waals surface area (Å²) in [6.45, 7) is 2.02. The quantitative estimate of drug-likeness (QED) is 0.548. The van der Waals surface area contributed by atoms with Crippen LogP contribution in [-0.2, 0) is 10.6 Å². The fourth-order valence-corrected chi connectivity index (χ4v) is 3.22. The molecular formula is C18H16NO2+. The number of benzene rings is 2. The molecule has 2 heterocycles. The lowest BCUT2D eigenvalue weighted by molar-refractivity contribution is -0.826. The fraction of sp³-hybridized carbons (Fsp3) is 0.167. The number of aryl methyl sites for hydroxylation is 1. The first kappa shape index (κ1) is 12.5. The van der Waals surface area contributed by atoms with Gasteiger partial charge in [0.25, 0.3) is 0 Å². The number of aromatic nitrogens is 1. The van der Waals surface area contributed by atoms with E-state index in [-0.39, 0.29) is 0 Å². The van der Waals surface area contributed by atoms with E-state index in [1.165, 1.54) is 7.11 Å². The predicted molar refractivity (Wildman–Crippen MR) is 80.6 cm³/mol. The summed E-state index contributed by atoms with van der Waals surface area (Å²) in [6.07, 6.45) is 1.89. The van der Waals surface area contributed by atoms with Gasteiger partial charge in [0.2, 0.25) is 5.69 Å². The maximum absolute atomic E-state index is 11.0. The summed E-state index contributed by atoms with van der Waals surface area (Å²) in [5, 5.41) is 13.3. The van der Waals surface area contributed by atoms with Crippen LogP contribution in [0.2, 0.25) is 0 Å². The van der Waals surface area contributed by atoms with Gasteiger partial charge in [-0.2, -0.15) is 0 Å². The van der Waals surface area contributed by atoms with E-state index in [2.05, 4.69) is 24.3 Å². The Labute approximate surface area is 123 Å². The van der Waals surface area contributed by atoms with Crippen LogP contribution in [0.1, 0.15) is 11.1 Å². The van der Waals surface area contributed by atoms with Crippen molar-refractivity contribution in [1.82, 2.24) is 0 Å². The highest BCUT2D eigenvalue weighted by molar-refractivity contribution is 5.94. The lowest BCUT2D eigenvalue weighted by atomic mass is 10.00. The molecule has 3 nitrogen and oxygen atoms in total. The maximum Gasteiger partial charge on any atom is 0.418 e. The summed E-state index contributed by atoms with van der Waals surface area (Å²) in [4.78, 5) is 0. The normalized spacial score (nSPS) is 19.6. The molecule has 0 spiro atoms. The molecule has 0 aliphatic carbocycles. The Morgan fingerprint density at radius 3 is 2.71 bits per heavy atom. The van der Waals surface area contributed by atoms with E-state index in [9.17, 15) is 5.11 Å². The summed E-state index contributed by atoms with van der Waals surface area (Å²) in [5.74, 6) is -1.44. The largest absolute Gasteiger partial charge is 0.418 e. The van der Waals surface area contributed by atoms with E-state index < -0.39 is 5.91 Å². The average molecular weight is 278 g/mol. The van der Waals surface area contributed by atoms with Gasteiger partial charge in [-0.1, -0.05) is 29.8 Å². The molecular weight excluding hydrogens is 262 g/mol. The van der Waals surface area contributed by atoms with Crippen LogP contribution in [-0.4, -0.2) is 12.2 Å². The summed E-state index contributed by atoms with van der Waals surface area (Å²) >= 11 is 0.